The van der Waals surface area contributed by atoms with Crippen molar-refractivity contribution in [3.8, 4) is 0 Å². The normalized spacial score (nSPS) is 11.2. The fraction of sp³-hybridized carbons (Fsp3) is 0. The monoisotopic (exact) mass is 307 g/mol. The molecule has 1 amide bonds. The summed E-state index contributed by atoms with van der Waals surface area (Å²) in [5.74, 6) is -1.50. The predicted molar refractivity (Wildman–Crippen MR) is 78.3 cm³/mol. The Morgan fingerprint density at radius 2 is 2.00 bits per heavy atom. The molecule has 2 rings (SSSR count). The van der Waals surface area contributed by atoms with Crippen LogP contribution in [0.1, 0.15) is 15.9 Å². The number of anilines is 1. The highest BCUT2D eigenvalue weighted by atomic mass is 35.5. The summed E-state index contributed by atoms with van der Waals surface area (Å²) in [5, 5.41) is 14.0. The molecule has 0 spiro atoms. The van der Waals surface area contributed by atoms with Crippen molar-refractivity contribution in [1.29, 1.82) is 0 Å². The standard InChI is InChI=1S/C14H11ClFN3O2/c15-10-5-2-6-11(16)12(10)14(20)18-9-4-1-3-8(7-9)13(17)19-21/h1-7,21H,(H2,17,19)(H,18,20). The Bertz CT molecular complexity index is 699. The van der Waals surface area contributed by atoms with E-state index in [0.717, 1.165) is 6.07 Å². The van der Waals surface area contributed by atoms with Gasteiger partial charge in [-0.1, -0.05) is 35.0 Å². The molecule has 21 heavy (non-hydrogen) atoms. The summed E-state index contributed by atoms with van der Waals surface area (Å²) in [6.45, 7) is 0. The summed E-state index contributed by atoms with van der Waals surface area (Å²) in [7, 11) is 0. The Hall–Kier alpha value is -2.60. The van der Waals surface area contributed by atoms with Crippen LogP contribution >= 0.6 is 11.6 Å². The lowest BCUT2D eigenvalue weighted by atomic mass is 10.1. The van der Waals surface area contributed by atoms with E-state index in [9.17, 15) is 9.18 Å². The van der Waals surface area contributed by atoms with E-state index in [0.29, 0.717) is 11.3 Å². The Morgan fingerprint density at radius 3 is 2.67 bits per heavy atom. The van der Waals surface area contributed by atoms with Gasteiger partial charge in [-0.2, -0.15) is 0 Å². The van der Waals surface area contributed by atoms with Crippen LogP contribution < -0.4 is 11.1 Å². The van der Waals surface area contributed by atoms with Gasteiger partial charge in [0.25, 0.3) is 5.91 Å². The number of oxime groups is 1. The quantitative estimate of drug-likeness (QED) is 0.352. The first-order valence-corrected chi connectivity index (χ1v) is 6.24. The molecule has 0 atom stereocenters. The van der Waals surface area contributed by atoms with Gasteiger partial charge in [-0.25, -0.2) is 4.39 Å². The Balaban J connectivity index is 2.28. The van der Waals surface area contributed by atoms with E-state index in [2.05, 4.69) is 10.5 Å². The molecule has 0 fully saturated rings. The van der Waals surface area contributed by atoms with Crippen molar-refractivity contribution in [3.63, 3.8) is 0 Å². The van der Waals surface area contributed by atoms with Crippen molar-refractivity contribution in [1.82, 2.24) is 0 Å². The first-order chi connectivity index (χ1) is 10.0. The molecular formula is C14H11ClFN3O2. The molecule has 5 nitrogen and oxygen atoms in total. The van der Waals surface area contributed by atoms with Gasteiger partial charge < -0.3 is 16.3 Å². The SMILES string of the molecule is N/C(=N/O)c1cccc(NC(=O)c2c(F)cccc2Cl)c1. The number of halogens is 2. The van der Waals surface area contributed by atoms with Crippen molar-refractivity contribution in [2.24, 2.45) is 10.9 Å². The lowest BCUT2D eigenvalue weighted by Gasteiger charge is -2.08. The lowest BCUT2D eigenvalue weighted by Crippen LogP contribution is -2.16. The number of nitrogens with zero attached hydrogens (tertiary/aromatic N) is 1. The largest absolute Gasteiger partial charge is 0.409 e. The molecule has 0 aromatic heterocycles. The smallest absolute Gasteiger partial charge is 0.260 e. The van der Waals surface area contributed by atoms with Gasteiger partial charge in [0.1, 0.15) is 5.82 Å². The van der Waals surface area contributed by atoms with Crippen molar-refractivity contribution >= 4 is 29.0 Å². The molecule has 0 aliphatic rings. The van der Waals surface area contributed by atoms with Gasteiger partial charge >= 0.3 is 0 Å². The predicted octanol–water partition coefficient (Wildman–Crippen LogP) is 2.83. The lowest BCUT2D eigenvalue weighted by molar-refractivity contribution is 0.102. The van der Waals surface area contributed by atoms with E-state index in [4.69, 9.17) is 22.5 Å². The van der Waals surface area contributed by atoms with E-state index >= 15 is 0 Å². The van der Waals surface area contributed by atoms with Crippen LogP contribution in [0.15, 0.2) is 47.6 Å². The van der Waals surface area contributed by atoms with E-state index in [1.54, 1.807) is 18.2 Å². The Morgan fingerprint density at radius 1 is 1.29 bits per heavy atom. The zero-order chi connectivity index (χ0) is 15.4. The maximum atomic E-state index is 13.6. The van der Waals surface area contributed by atoms with Gasteiger partial charge in [0.05, 0.1) is 10.6 Å². The molecule has 0 bridgehead atoms. The number of hydrogen-bond acceptors (Lipinski definition) is 3. The summed E-state index contributed by atoms with van der Waals surface area (Å²) >= 11 is 5.82. The molecule has 0 heterocycles. The van der Waals surface area contributed by atoms with Gasteiger partial charge in [0.15, 0.2) is 5.84 Å². The van der Waals surface area contributed by atoms with Crippen molar-refractivity contribution < 1.29 is 14.4 Å². The highest BCUT2D eigenvalue weighted by molar-refractivity contribution is 6.34. The van der Waals surface area contributed by atoms with E-state index in [1.165, 1.54) is 18.2 Å². The van der Waals surface area contributed by atoms with Crippen LogP contribution in [0.25, 0.3) is 0 Å². The molecule has 0 aliphatic heterocycles. The fourth-order valence-electron chi connectivity index (χ4n) is 1.72. The van der Waals surface area contributed by atoms with E-state index in [1.807, 2.05) is 0 Å². The third kappa shape index (κ3) is 3.29. The van der Waals surface area contributed by atoms with Crippen molar-refractivity contribution in [2.75, 3.05) is 5.32 Å². The second kappa shape index (κ2) is 6.23. The van der Waals surface area contributed by atoms with Gasteiger partial charge in [0, 0.05) is 11.3 Å². The third-order valence-electron chi connectivity index (χ3n) is 2.71. The molecule has 0 radical (unpaired) electrons. The number of benzene rings is 2. The minimum Gasteiger partial charge on any atom is -0.409 e. The number of nitrogens with one attached hydrogen (secondary N) is 1. The van der Waals surface area contributed by atoms with Crippen molar-refractivity contribution in [2.45, 2.75) is 0 Å². The first kappa shape index (κ1) is 14.8. The minimum atomic E-state index is -0.715. The molecular weight excluding hydrogens is 297 g/mol. The maximum Gasteiger partial charge on any atom is 0.260 e. The minimum absolute atomic E-state index is 0.0140. The van der Waals surface area contributed by atoms with Crippen LogP contribution in [0.5, 0.6) is 0 Å². The summed E-state index contributed by atoms with van der Waals surface area (Å²) in [6, 6.07) is 10.3. The molecule has 0 unspecified atom stereocenters. The van der Waals surface area contributed by atoms with Gasteiger partial charge in [0.2, 0.25) is 0 Å². The number of carbonyl (C=O) groups excluding carboxylic acids is 1. The van der Waals surface area contributed by atoms with Crippen LogP contribution in [0.4, 0.5) is 10.1 Å². The second-order valence-corrected chi connectivity index (χ2v) is 4.52. The third-order valence-corrected chi connectivity index (χ3v) is 3.03. The number of rotatable bonds is 3. The summed E-state index contributed by atoms with van der Waals surface area (Å²) in [4.78, 5) is 12.1. The molecule has 4 N–H and O–H groups in total. The van der Waals surface area contributed by atoms with Gasteiger partial charge in [-0.05, 0) is 24.3 Å². The number of amides is 1. The Labute approximate surface area is 124 Å². The summed E-state index contributed by atoms with van der Waals surface area (Å²) in [5.41, 5.74) is 5.99. The van der Waals surface area contributed by atoms with Crippen LogP contribution in [-0.4, -0.2) is 17.0 Å². The summed E-state index contributed by atoms with van der Waals surface area (Å²) in [6.07, 6.45) is 0. The van der Waals surface area contributed by atoms with E-state index < -0.39 is 11.7 Å². The van der Waals surface area contributed by atoms with Crippen LogP contribution in [-0.2, 0) is 0 Å². The van der Waals surface area contributed by atoms with Gasteiger partial charge in [-0.3, -0.25) is 4.79 Å². The molecule has 0 aliphatic carbocycles. The highest BCUT2D eigenvalue weighted by Crippen LogP contribution is 2.21. The molecule has 108 valence electrons. The van der Waals surface area contributed by atoms with Gasteiger partial charge in [-0.15, -0.1) is 0 Å². The van der Waals surface area contributed by atoms with Crippen LogP contribution in [0.3, 0.4) is 0 Å². The molecule has 0 saturated heterocycles. The average Bonchev–Trinajstić information content (AvgIpc) is 2.46. The zero-order valence-corrected chi connectivity index (χ0v) is 11.4. The number of amidine groups is 1. The summed E-state index contributed by atoms with van der Waals surface area (Å²) < 4.78 is 13.6. The van der Waals surface area contributed by atoms with E-state index in [-0.39, 0.29) is 16.4 Å². The van der Waals surface area contributed by atoms with Crippen LogP contribution in [0, 0.1) is 5.82 Å². The highest BCUT2D eigenvalue weighted by Gasteiger charge is 2.16. The maximum absolute atomic E-state index is 13.6. The first-order valence-electron chi connectivity index (χ1n) is 5.86. The molecule has 7 heteroatoms. The fourth-order valence-corrected chi connectivity index (χ4v) is 1.97. The molecule has 2 aromatic rings. The Kier molecular flexibility index (Phi) is 4.39. The van der Waals surface area contributed by atoms with Crippen molar-refractivity contribution in [3.05, 3.63) is 64.4 Å². The van der Waals surface area contributed by atoms with Crippen LogP contribution in [0.2, 0.25) is 5.02 Å². The molecule has 2 aromatic carbocycles. The molecule has 0 saturated carbocycles. The number of carbonyl (C=O) groups is 1. The number of nitrogens with two attached hydrogens (primary N) is 1. The second-order valence-electron chi connectivity index (χ2n) is 4.12. The average molecular weight is 308 g/mol. The number of hydrogen-bond donors (Lipinski definition) is 3. The topological polar surface area (TPSA) is 87.7 Å². The zero-order valence-electron chi connectivity index (χ0n) is 10.7.